The van der Waals surface area contributed by atoms with Gasteiger partial charge in [-0.15, -0.1) is 0 Å². The molecule has 2 amide bonds. The van der Waals surface area contributed by atoms with Crippen LogP contribution in [0, 0.1) is 13.8 Å². The van der Waals surface area contributed by atoms with E-state index in [2.05, 4.69) is 47.9 Å². The molecule has 3 aromatic carbocycles. The smallest absolute Gasteiger partial charge is 0.255 e. The fourth-order valence-electron chi connectivity index (χ4n) is 5.21. The van der Waals surface area contributed by atoms with Crippen LogP contribution >= 0.6 is 0 Å². The topological polar surface area (TPSA) is 54.8 Å². The third-order valence-corrected chi connectivity index (χ3v) is 7.55. The van der Waals surface area contributed by atoms with E-state index >= 15 is 0 Å². The number of piperazine rings is 1. The van der Waals surface area contributed by atoms with Gasteiger partial charge < -0.3 is 19.1 Å². The number of amides is 2. The summed E-state index contributed by atoms with van der Waals surface area (Å²) in [4.78, 5) is 30.4. The Morgan fingerprint density at radius 1 is 0.795 bits per heavy atom. The van der Waals surface area contributed by atoms with Gasteiger partial charge in [0.25, 0.3) is 5.91 Å². The number of rotatable bonds is 7. The summed E-state index contributed by atoms with van der Waals surface area (Å²) in [6, 6.07) is 28.3. The molecule has 200 valence electrons. The second-order valence-corrected chi connectivity index (χ2v) is 10.1. The average Bonchev–Trinajstić information content (AvgIpc) is 3.33. The van der Waals surface area contributed by atoms with Crippen LogP contribution in [-0.4, -0.2) is 59.5 Å². The van der Waals surface area contributed by atoms with Crippen molar-refractivity contribution in [3.05, 3.63) is 107 Å². The summed E-state index contributed by atoms with van der Waals surface area (Å²) >= 11 is 0. The number of ether oxygens (including phenoxy) is 1. The quantitative estimate of drug-likeness (QED) is 0.314. The predicted molar refractivity (Wildman–Crippen MR) is 154 cm³/mol. The Morgan fingerprint density at radius 3 is 2.08 bits per heavy atom. The van der Waals surface area contributed by atoms with Crippen molar-refractivity contribution in [3.8, 4) is 22.7 Å². The summed E-state index contributed by atoms with van der Waals surface area (Å²) in [5.41, 5.74) is 6.91. The number of methoxy groups -OCH3 is 1. The maximum Gasteiger partial charge on any atom is 0.255 e. The Labute approximate surface area is 230 Å². The van der Waals surface area contributed by atoms with E-state index in [1.807, 2.05) is 65.3 Å². The molecular formula is C33H35N3O3. The van der Waals surface area contributed by atoms with E-state index in [-0.39, 0.29) is 11.8 Å². The summed E-state index contributed by atoms with van der Waals surface area (Å²) in [5.74, 6) is 0.940. The molecule has 6 nitrogen and oxygen atoms in total. The summed E-state index contributed by atoms with van der Waals surface area (Å²) in [6.07, 6.45) is 1.22. The Kier molecular flexibility index (Phi) is 7.82. The van der Waals surface area contributed by atoms with Crippen LogP contribution in [0.2, 0.25) is 0 Å². The molecular weight excluding hydrogens is 486 g/mol. The normalized spacial score (nSPS) is 13.4. The average molecular weight is 522 g/mol. The van der Waals surface area contributed by atoms with Crippen molar-refractivity contribution in [2.24, 2.45) is 0 Å². The maximum atomic E-state index is 13.8. The lowest BCUT2D eigenvalue weighted by Gasteiger charge is -2.35. The van der Waals surface area contributed by atoms with Gasteiger partial charge in [0.1, 0.15) is 5.75 Å². The van der Waals surface area contributed by atoms with Crippen molar-refractivity contribution in [2.45, 2.75) is 26.7 Å². The highest BCUT2D eigenvalue weighted by atomic mass is 16.5. The number of aromatic nitrogens is 1. The fourth-order valence-corrected chi connectivity index (χ4v) is 5.21. The number of carbonyl (C=O) groups excluding carboxylic acids is 2. The lowest BCUT2D eigenvalue weighted by Crippen LogP contribution is -2.50. The summed E-state index contributed by atoms with van der Waals surface area (Å²) in [5, 5.41) is 0. The third kappa shape index (κ3) is 5.75. The van der Waals surface area contributed by atoms with Gasteiger partial charge >= 0.3 is 0 Å². The SMILES string of the molecule is COc1ccc(-c2cc(C(=O)N3CCN(C(=O)CCc4ccccc4)CC3)c(C)n2-c2ccc(C)cc2)cc1. The molecule has 1 saturated heterocycles. The monoisotopic (exact) mass is 521 g/mol. The molecule has 0 N–H and O–H groups in total. The molecule has 0 spiro atoms. The van der Waals surface area contributed by atoms with Gasteiger partial charge in [-0.2, -0.15) is 0 Å². The zero-order chi connectivity index (χ0) is 27.4. The van der Waals surface area contributed by atoms with Crippen molar-refractivity contribution in [2.75, 3.05) is 33.3 Å². The molecule has 5 rings (SSSR count). The molecule has 0 unspecified atom stereocenters. The molecule has 6 heteroatoms. The zero-order valence-corrected chi connectivity index (χ0v) is 22.9. The zero-order valence-electron chi connectivity index (χ0n) is 22.9. The van der Waals surface area contributed by atoms with Gasteiger partial charge in [-0.25, -0.2) is 0 Å². The van der Waals surface area contributed by atoms with Crippen molar-refractivity contribution in [3.63, 3.8) is 0 Å². The molecule has 4 aromatic rings. The Bertz CT molecular complexity index is 1430. The van der Waals surface area contributed by atoms with Crippen molar-refractivity contribution in [1.82, 2.24) is 14.4 Å². The van der Waals surface area contributed by atoms with Crippen molar-refractivity contribution >= 4 is 11.8 Å². The van der Waals surface area contributed by atoms with E-state index in [0.717, 1.165) is 34.8 Å². The van der Waals surface area contributed by atoms with Gasteiger partial charge in [0, 0.05) is 44.0 Å². The molecule has 1 aliphatic heterocycles. The molecule has 0 radical (unpaired) electrons. The van der Waals surface area contributed by atoms with Crippen LogP contribution in [0.4, 0.5) is 0 Å². The van der Waals surface area contributed by atoms with Crippen molar-refractivity contribution in [1.29, 1.82) is 0 Å². The minimum atomic E-state index is 0.00417. The number of carbonyl (C=O) groups is 2. The highest BCUT2D eigenvalue weighted by molar-refractivity contribution is 5.97. The molecule has 2 heterocycles. The van der Waals surface area contributed by atoms with Gasteiger partial charge in [-0.1, -0.05) is 48.0 Å². The first-order valence-corrected chi connectivity index (χ1v) is 13.5. The van der Waals surface area contributed by atoms with Crippen LogP contribution in [0.25, 0.3) is 16.9 Å². The van der Waals surface area contributed by atoms with Crippen LogP contribution in [0.5, 0.6) is 5.75 Å². The van der Waals surface area contributed by atoms with Gasteiger partial charge in [0.15, 0.2) is 0 Å². The second kappa shape index (κ2) is 11.6. The summed E-state index contributed by atoms with van der Waals surface area (Å²) in [7, 11) is 1.65. The molecule has 0 atom stereocenters. The molecule has 0 aliphatic carbocycles. The van der Waals surface area contributed by atoms with Gasteiger partial charge in [-0.05, 0) is 73.9 Å². The number of nitrogens with zero attached hydrogens (tertiary/aromatic N) is 3. The largest absolute Gasteiger partial charge is 0.497 e. The van der Waals surface area contributed by atoms with E-state index in [1.54, 1.807) is 7.11 Å². The highest BCUT2D eigenvalue weighted by Gasteiger charge is 2.28. The number of hydrogen-bond donors (Lipinski definition) is 0. The molecule has 0 bridgehead atoms. The Morgan fingerprint density at radius 2 is 1.44 bits per heavy atom. The Balaban J connectivity index is 1.34. The molecule has 1 aliphatic rings. The lowest BCUT2D eigenvalue weighted by molar-refractivity contribution is -0.132. The number of benzene rings is 3. The van der Waals surface area contributed by atoms with Gasteiger partial charge in [0.2, 0.25) is 5.91 Å². The van der Waals surface area contributed by atoms with Crippen molar-refractivity contribution < 1.29 is 14.3 Å². The van der Waals surface area contributed by atoms with Crippen LogP contribution in [-0.2, 0) is 11.2 Å². The first-order chi connectivity index (χ1) is 18.9. The molecule has 1 aromatic heterocycles. The number of hydrogen-bond acceptors (Lipinski definition) is 3. The minimum absolute atomic E-state index is 0.00417. The van der Waals surface area contributed by atoms with Crippen LogP contribution in [0.1, 0.15) is 33.6 Å². The van der Waals surface area contributed by atoms with Crippen LogP contribution in [0.3, 0.4) is 0 Å². The molecule has 0 saturated carbocycles. The third-order valence-electron chi connectivity index (χ3n) is 7.55. The van der Waals surface area contributed by atoms with E-state index in [1.165, 1.54) is 11.1 Å². The first-order valence-electron chi connectivity index (χ1n) is 13.5. The van der Waals surface area contributed by atoms with E-state index in [9.17, 15) is 9.59 Å². The minimum Gasteiger partial charge on any atom is -0.497 e. The van der Waals surface area contributed by atoms with E-state index in [0.29, 0.717) is 38.2 Å². The Hall–Kier alpha value is -4.32. The fraction of sp³-hybridized carbons (Fsp3) is 0.273. The van der Waals surface area contributed by atoms with E-state index in [4.69, 9.17) is 4.74 Å². The first kappa shape index (κ1) is 26.3. The van der Waals surface area contributed by atoms with Crippen LogP contribution < -0.4 is 4.74 Å². The predicted octanol–water partition coefficient (Wildman–Crippen LogP) is 5.69. The second-order valence-electron chi connectivity index (χ2n) is 10.1. The molecule has 39 heavy (non-hydrogen) atoms. The summed E-state index contributed by atoms with van der Waals surface area (Å²) in [6.45, 7) is 6.25. The maximum absolute atomic E-state index is 13.8. The number of aryl methyl sites for hydroxylation is 2. The standard InChI is InChI=1S/C33H35N3O3/c1-24-9-14-28(15-10-24)36-25(2)30(23-31(36)27-12-16-29(39-3)17-13-27)33(38)35-21-19-34(20-22-35)32(37)18-11-26-7-5-4-6-8-26/h4-10,12-17,23H,11,18-22H2,1-3H3. The lowest BCUT2D eigenvalue weighted by atomic mass is 10.1. The van der Waals surface area contributed by atoms with E-state index < -0.39 is 0 Å². The van der Waals surface area contributed by atoms with Gasteiger partial charge in [-0.3, -0.25) is 9.59 Å². The van der Waals surface area contributed by atoms with Crippen LogP contribution in [0.15, 0.2) is 84.9 Å². The summed E-state index contributed by atoms with van der Waals surface area (Å²) < 4.78 is 7.50. The van der Waals surface area contributed by atoms with Gasteiger partial charge in [0.05, 0.1) is 18.4 Å². The molecule has 1 fully saturated rings. The highest BCUT2D eigenvalue weighted by Crippen LogP contribution is 2.31.